The zero-order valence-corrected chi connectivity index (χ0v) is 64.0. The van der Waals surface area contributed by atoms with E-state index in [1.54, 1.807) is 20.8 Å². The van der Waals surface area contributed by atoms with Gasteiger partial charge in [-0.25, -0.2) is 16.8 Å². The van der Waals surface area contributed by atoms with Gasteiger partial charge in [0.25, 0.3) is 0 Å². The van der Waals surface area contributed by atoms with Gasteiger partial charge in [-0.05, 0) is 118 Å². The number of esters is 2. The van der Waals surface area contributed by atoms with Gasteiger partial charge < -0.3 is 117 Å². The van der Waals surface area contributed by atoms with E-state index in [1.165, 1.54) is 6.92 Å². The van der Waals surface area contributed by atoms with Crippen LogP contribution in [-0.4, -0.2) is 275 Å². The van der Waals surface area contributed by atoms with Gasteiger partial charge in [-0.3, -0.25) is 18.0 Å². The maximum atomic E-state index is 15.0. The Balaban J connectivity index is 0.00000624. The van der Waals surface area contributed by atoms with Gasteiger partial charge in [0.05, 0.1) is 50.8 Å². The largest absolute Gasteiger partial charge is 1.00 e. The molecule has 99 heavy (non-hydrogen) atoms. The zero-order chi connectivity index (χ0) is 71.4. The molecule has 5 aliphatic heterocycles. The van der Waals surface area contributed by atoms with Crippen LogP contribution in [0.1, 0.15) is 133 Å². The van der Waals surface area contributed by atoms with E-state index >= 15 is 0 Å². The van der Waals surface area contributed by atoms with Gasteiger partial charge in [-0.15, -0.1) is 0 Å². The van der Waals surface area contributed by atoms with Crippen molar-refractivity contribution < 1.29 is 211 Å². The predicted octanol–water partition coefficient (Wildman–Crippen LogP) is -7.27. The molecule has 0 aromatic carbocycles. The molecule has 5 aliphatic carbocycles. The van der Waals surface area contributed by atoms with E-state index in [0.29, 0.717) is 38.5 Å². The Morgan fingerprint density at radius 2 is 1.18 bits per heavy atom. The number of rotatable bonds is 20. The molecule has 36 heteroatoms. The number of cyclic esters (lactones) is 1. The number of ether oxygens (including phenoxy) is 12. The Morgan fingerprint density at radius 1 is 0.606 bits per heavy atom. The molecule has 10 rings (SSSR count). The minimum Gasteiger partial charge on any atom is -0.726 e. The molecule has 5 saturated heterocycles. The molecule has 1 spiro atoms. The first-order chi connectivity index (χ1) is 45.1. The fraction of sp³-hybridized carbons (Fsp3) is 0.937. The zero-order valence-electron chi connectivity index (χ0n) is 58.4. The summed E-state index contributed by atoms with van der Waals surface area (Å²) in [6.07, 6.45) is -32.7. The molecule has 10 N–H and O–H groups in total. The topological polar surface area (TPSA) is 480 Å². The van der Waals surface area contributed by atoms with Gasteiger partial charge in [-0.1, -0.05) is 53.2 Å². The summed E-state index contributed by atoms with van der Waals surface area (Å²) in [5.74, 6) is -2.41. The van der Waals surface area contributed by atoms with Crippen molar-refractivity contribution in [1.82, 2.24) is 0 Å². The summed E-state index contributed by atoms with van der Waals surface area (Å²) in [6.45, 7) is 16.0. The first-order valence-corrected chi connectivity index (χ1v) is 36.2. The van der Waals surface area contributed by atoms with Crippen molar-refractivity contribution in [2.45, 2.75) is 286 Å². The van der Waals surface area contributed by atoms with E-state index in [-0.39, 0.29) is 108 Å². The Morgan fingerprint density at radius 3 is 1.77 bits per heavy atom. The molecular formula is C63H100Na2O32S2. The van der Waals surface area contributed by atoms with Crippen LogP contribution >= 0.6 is 0 Å². The van der Waals surface area contributed by atoms with E-state index in [1.807, 2.05) is 19.9 Å². The van der Waals surface area contributed by atoms with E-state index in [2.05, 4.69) is 36.1 Å². The molecule has 5 heterocycles. The summed E-state index contributed by atoms with van der Waals surface area (Å²) in [4.78, 5) is 27.9. The van der Waals surface area contributed by atoms with Gasteiger partial charge >= 0.3 is 71.1 Å². The van der Waals surface area contributed by atoms with Crippen LogP contribution < -0.4 is 59.1 Å². The minimum absolute atomic E-state index is 0. The van der Waals surface area contributed by atoms with Crippen LogP contribution in [-0.2, 0) is 95.6 Å². The summed E-state index contributed by atoms with van der Waals surface area (Å²) < 4.78 is 152. The van der Waals surface area contributed by atoms with Gasteiger partial charge in [0, 0.05) is 26.4 Å². The van der Waals surface area contributed by atoms with Gasteiger partial charge in [0.15, 0.2) is 30.8 Å². The fourth-order valence-corrected chi connectivity index (χ4v) is 19.8. The Kier molecular flexibility index (Phi) is 27.0. The first kappa shape index (κ1) is 84.2. The summed E-state index contributed by atoms with van der Waals surface area (Å²) in [5.41, 5.74) is -5.26. The Labute approximate surface area is 621 Å². The number of allylic oxidation sites excluding steroid dienone is 1. The number of fused-ring (bicyclic) bond motifs is 4. The normalized spacial score (nSPS) is 49.0. The molecule has 12 unspecified atom stereocenters. The van der Waals surface area contributed by atoms with Crippen LogP contribution in [0.2, 0.25) is 0 Å². The third-order valence-electron chi connectivity index (χ3n) is 24.2. The van der Waals surface area contributed by atoms with Crippen molar-refractivity contribution in [3.05, 3.63) is 11.6 Å². The van der Waals surface area contributed by atoms with E-state index < -0.39 is 233 Å². The third-order valence-corrected chi connectivity index (χ3v) is 25.1. The van der Waals surface area contributed by atoms with Crippen LogP contribution in [0.3, 0.4) is 0 Å². The van der Waals surface area contributed by atoms with Crippen LogP contribution in [0.15, 0.2) is 11.6 Å². The summed E-state index contributed by atoms with van der Waals surface area (Å²) in [6, 6.07) is 0. The molecule has 558 valence electrons. The molecular weight excluding hydrogens is 1380 g/mol. The van der Waals surface area contributed by atoms with Crippen LogP contribution in [0.4, 0.5) is 0 Å². The summed E-state index contributed by atoms with van der Waals surface area (Å²) in [5, 5.41) is 116. The van der Waals surface area contributed by atoms with E-state index in [9.17, 15) is 86.6 Å². The average molecular weight is 1480 g/mol. The second kappa shape index (κ2) is 31.7. The number of hydrogen-bond acceptors (Lipinski definition) is 32. The standard InChI is InChI=1S/C63H102O32S2.2Na/c1-27(2)12-15-39-61(10,95-30(5)64)63(75)21-20-60(9)32-13-14-37-58(6,7)38(17-18-59(37,8)31(32)16-19-62(60,63)57(74)91-39)90-56-52(40(66)29(4)23-83-56)87-34-22-28(3)48(45(71)49(34)93-53-44(70)41(67)33(65)24-84-53)92-55-47(73)51(43(69)36(89-55)26-86-97(79,80)81)94-54-46(72)50(82-11)42(68)35(88-54)25-85-96(76,77)78;;/h12,28-29,31-56,65-73,75H,13-26H2,1-11H3,(H,76,77,78)(H,79,80,81);;/q;2*+1/p-2/t28?,29-,31?,32?,33-,34+,35?,36?,37?,38?,39-,40+,41?,42-,43-,44+,45?,46+,47+,48-,49-,50?,51?,52?,53+,54+,55+,56+,59-,60+,61-,62-,63+;;/m1../s1. The molecule has 10 aliphatic rings. The monoisotopic (exact) mass is 1480 g/mol. The molecule has 5 saturated carbocycles. The summed E-state index contributed by atoms with van der Waals surface area (Å²) in [7, 11) is -9.87. The number of carbonyl (C=O) groups is 2. The predicted molar refractivity (Wildman–Crippen MR) is 323 cm³/mol. The van der Waals surface area contributed by atoms with Crippen molar-refractivity contribution in [3.63, 3.8) is 0 Å². The number of aliphatic hydroxyl groups excluding tert-OH is 9. The minimum atomic E-state index is -5.51. The number of aliphatic hydroxyl groups is 10. The van der Waals surface area contributed by atoms with Crippen LogP contribution in [0.25, 0.3) is 0 Å². The number of hydrogen-bond donors (Lipinski definition) is 10. The molecule has 33 atom stereocenters. The van der Waals surface area contributed by atoms with Crippen LogP contribution in [0.5, 0.6) is 0 Å². The maximum absolute atomic E-state index is 15.0. The molecule has 0 aromatic rings. The third kappa shape index (κ3) is 15.7. The molecule has 0 amide bonds. The Hall–Kier alpha value is -0.380. The molecule has 0 bridgehead atoms. The average Bonchev–Trinajstić information content (AvgIpc) is 1.55. The molecule has 0 radical (unpaired) electrons. The van der Waals surface area contributed by atoms with Crippen LogP contribution in [0, 0.1) is 51.2 Å². The molecule has 0 aromatic heterocycles. The van der Waals surface area contributed by atoms with Crippen molar-refractivity contribution in [3.8, 4) is 0 Å². The van der Waals surface area contributed by atoms with E-state index in [4.69, 9.17) is 56.8 Å². The van der Waals surface area contributed by atoms with Crippen molar-refractivity contribution in [1.29, 1.82) is 0 Å². The second-order valence-electron chi connectivity index (χ2n) is 30.4. The number of carbonyl (C=O) groups excluding carboxylic acids is 2. The quantitative estimate of drug-likeness (QED) is 0.0135. The van der Waals surface area contributed by atoms with E-state index in [0.717, 1.165) is 19.1 Å². The molecule has 32 nitrogen and oxygen atoms in total. The summed E-state index contributed by atoms with van der Waals surface area (Å²) >= 11 is 0. The smallest absolute Gasteiger partial charge is 0.726 e. The number of methoxy groups -OCH3 is 1. The fourth-order valence-electron chi connectivity index (χ4n) is 19.2. The maximum Gasteiger partial charge on any atom is 1.00 e. The van der Waals surface area contributed by atoms with Gasteiger partial charge in [-0.2, -0.15) is 0 Å². The van der Waals surface area contributed by atoms with Gasteiger partial charge in [0.1, 0.15) is 103 Å². The Bertz CT molecular complexity index is 3060. The van der Waals surface area contributed by atoms with Gasteiger partial charge in [0.2, 0.25) is 20.8 Å². The SMILES string of the molecule is COC1[C@H](O)C(COS(=O)(=O)[O-])O[C@@H](OC2[C@H](O)C(COS(=O)(=O)[O-])O[C@@H](O[C@@H]3C(C)C[C@H](OC4[C@H](OC5CC[C@]6(C)C7CC[C@]89C(=O)O[C@H](CC=C(C)C)[C@@](C)(OC(C)=O)[C@@]8(O)CC[C@@]9(C)C7CCC6C5(C)C)OC[C@@H](C)[C@@H]4O)[C@@H](O[C@@H]4OC[C@@H](O)C(O)[C@@H]4O)C3O)[C@H]2O)[C@H]1O.[Na+].[Na+]. The van der Waals surface area contributed by atoms with Crippen molar-refractivity contribution in [2.24, 2.45) is 51.2 Å². The van der Waals surface area contributed by atoms with Crippen molar-refractivity contribution in [2.75, 3.05) is 33.5 Å². The first-order valence-electron chi connectivity index (χ1n) is 33.5. The second-order valence-corrected chi connectivity index (χ2v) is 32.5. The molecule has 10 fully saturated rings. The van der Waals surface area contributed by atoms with Crippen molar-refractivity contribution >= 4 is 32.7 Å².